The minimum Gasteiger partial charge on any atom is -0.389 e. The van der Waals surface area contributed by atoms with Gasteiger partial charge in [-0.05, 0) is 37.5 Å². The molecule has 0 radical (unpaired) electrons. The Kier molecular flexibility index (Phi) is 5.60. The molecule has 1 unspecified atom stereocenters. The fraction of sp³-hybridized carbons (Fsp3) is 0.588. The lowest BCUT2D eigenvalue weighted by molar-refractivity contribution is -0.120. The highest BCUT2D eigenvalue weighted by Crippen LogP contribution is 2.24. The van der Waals surface area contributed by atoms with Gasteiger partial charge in [-0.1, -0.05) is 44.2 Å². The molecule has 0 spiro atoms. The summed E-state index contributed by atoms with van der Waals surface area (Å²) in [7, 11) is 0. The Labute approximate surface area is 121 Å². The second kappa shape index (κ2) is 7.44. The van der Waals surface area contributed by atoms with Crippen LogP contribution in [0.3, 0.4) is 0 Å². The SMILES string of the molecule is CC(O)c1cccc(NC(=O)C2CCCCCCC2)c1. The van der Waals surface area contributed by atoms with Gasteiger partial charge in [0.1, 0.15) is 0 Å². The molecular weight excluding hydrogens is 250 g/mol. The Morgan fingerprint density at radius 2 is 1.85 bits per heavy atom. The highest BCUT2D eigenvalue weighted by Gasteiger charge is 2.19. The molecule has 2 N–H and O–H groups in total. The Hall–Kier alpha value is -1.35. The van der Waals surface area contributed by atoms with E-state index in [4.69, 9.17) is 0 Å². The van der Waals surface area contributed by atoms with E-state index < -0.39 is 6.10 Å². The van der Waals surface area contributed by atoms with E-state index in [1.165, 1.54) is 19.3 Å². The van der Waals surface area contributed by atoms with Crippen molar-refractivity contribution in [2.24, 2.45) is 5.92 Å². The highest BCUT2D eigenvalue weighted by atomic mass is 16.3. The molecule has 0 aliphatic heterocycles. The zero-order valence-corrected chi connectivity index (χ0v) is 12.3. The lowest BCUT2D eigenvalue weighted by atomic mass is 9.90. The fourth-order valence-corrected chi connectivity index (χ4v) is 2.84. The number of carbonyl (C=O) groups is 1. The van der Waals surface area contributed by atoms with Crippen LogP contribution in [0.15, 0.2) is 24.3 Å². The van der Waals surface area contributed by atoms with Crippen LogP contribution in [0.1, 0.15) is 63.5 Å². The topological polar surface area (TPSA) is 49.3 Å². The maximum Gasteiger partial charge on any atom is 0.227 e. The van der Waals surface area contributed by atoms with Crippen molar-refractivity contribution in [3.63, 3.8) is 0 Å². The van der Waals surface area contributed by atoms with E-state index in [1.807, 2.05) is 24.3 Å². The molecule has 0 aromatic heterocycles. The minimum atomic E-state index is -0.506. The van der Waals surface area contributed by atoms with Crippen LogP contribution in [0.25, 0.3) is 0 Å². The third-order valence-electron chi connectivity index (χ3n) is 4.11. The molecule has 2 rings (SSSR count). The lowest BCUT2D eigenvalue weighted by Gasteiger charge is -2.19. The van der Waals surface area contributed by atoms with Crippen LogP contribution in [0.4, 0.5) is 5.69 Å². The van der Waals surface area contributed by atoms with Gasteiger partial charge in [-0.25, -0.2) is 0 Å². The number of hydrogen-bond acceptors (Lipinski definition) is 2. The van der Waals surface area contributed by atoms with Gasteiger partial charge < -0.3 is 10.4 Å². The normalized spacial score (nSPS) is 18.9. The van der Waals surface area contributed by atoms with Crippen LogP contribution < -0.4 is 5.32 Å². The second-order valence-corrected chi connectivity index (χ2v) is 5.83. The first-order valence-corrected chi connectivity index (χ1v) is 7.75. The maximum atomic E-state index is 12.3. The largest absolute Gasteiger partial charge is 0.389 e. The number of hydrogen-bond donors (Lipinski definition) is 2. The van der Waals surface area contributed by atoms with Gasteiger partial charge in [-0.3, -0.25) is 4.79 Å². The maximum absolute atomic E-state index is 12.3. The number of carbonyl (C=O) groups excluding carboxylic acids is 1. The molecule has 1 amide bonds. The molecule has 1 aromatic rings. The second-order valence-electron chi connectivity index (χ2n) is 5.83. The Morgan fingerprint density at radius 1 is 1.20 bits per heavy atom. The van der Waals surface area contributed by atoms with Gasteiger partial charge in [-0.2, -0.15) is 0 Å². The molecule has 1 aliphatic rings. The van der Waals surface area contributed by atoms with Crippen molar-refractivity contribution in [1.29, 1.82) is 0 Å². The number of benzene rings is 1. The molecule has 1 aliphatic carbocycles. The van der Waals surface area contributed by atoms with Gasteiger partial charge in [0.15, 0.2) is 0 Å². The van der Waals surface area contributed by atoms with Crippen molar-refractivity contribution < 1.29 is 9.90 Å². The number of rotatable bonds is 3. The van der Waals surface area contributed by atoms with Gasteiger partial charge in [0.2, 0.25) is 5.91 Å². The number of amides is 1. The number of nitrogens with one attached hydrogen (secondary N) is 1. The molecule has 1 fully saturated rings. The van der Waals surface area contributed by atoms with Crippen molar-refractivity contribution in [3.8, 4) is 0 Å². The summed E-state index contributed by atoms with van der Waals surface area (Å²) in [6, 6.07) is 7.48. The average Bonchev–Trinajstić information content (AvgIpc) is 2.38. The van der Waals surface area contributed by atoms with Crippen molar-refractivity contribution in [3.05, 3.63) is 29.8 Å². The molecule has 1 atom stereocenters. The minimum absolute atomic E-state index is 0.134. The van der Waals surface area contributed by atoms with Gasteiger partial charge >= 0.3 is 0 Å². The summed E-state index contributed by atoms with van der Waals surface area (Å²) in [4.78, 5) is 12.3. The summed E-state index contributed by atoms with van der Waals surface area (Å²) < 4.78 is 0. The molecule has 0 bridgehead atoms. The van der Waals surface area contributed by atoms with Crippen molar-refractivity contribution in [2.45, 2.75) is 58.0 Å². The van der Waals surface area contributed by atoms with E-state index in [2.05, 4.69) is 5.32 Å². The molecule has 0 heterocycles. The molecule has 110 valence electrons. The first-order valence-electron chi connectivity index (χ1n) is 7.75. The lowest BCUT2D eigenvalue weighted by Crippen LogP contribution is -2.23. The van der Waals surface area contributed by atoms with E-state index in [0.717, 1.165) is 36.9 Å². The first-order chi connectivity index (χ1) is 9.66. The molecule has 20 heavy (non-hydrogen) atoms. The van der Waals surface area contributed by atoms with E-state index >= 15 is 0 Å². The molecule has 0 saturated heterocycles. The van der Waals surface area contributed by atoms with Gasteiger partial charge in [0.25, 0.3) is 0 Å². The van der Waals surface area contributed by atoms with Crippen LogP contribution in [-0.2, 0) is 4.79 Å². The van der Waals surface area contributed by atoms with Crippen LogP contribution in [0.2, 0.25) is 0 Å². The summed E-state index contributed by atoms with van der Waals surface area (Å²) in [5.41, 5.74) is 1.62. The predicted molar refractivity (Wildman–Crippen MR) is 81.5 cm³/mol. The van der Waals surface area contributed by atoms with E-state index in [9.17, 15) is 9.90 Å². The smallest absolute Gasteiger partial charge is 0.227 e. The molecule has 3 nitrogen and oxygen atoms in total. The van der Waals surface area contributed by atoms with Crippen LogP contribution in [-0.4, -0.2) is 11.0 Å². The number of anilines is 1. The van der Waals surface area contributed by atoms with Crippen molar-refractivity contribution in [1.82, 2.24) is 0 Å². The Morgan fingerprint density at radius 3 is 2.50 bits per heavy atom. The van der Waals surface area contributed by atoms with E-state index in [0.29, 0.717) is 0 Å². The van der Waals surface area contributed by atoms with Crippen LogP contribution >= 0.6 is 0 Å². The zero-order valence-electron chi connectivity index (χ0n) is 12.3. The highest BCUT2D eigenvalue weighted by molar-refractivity contribution is 5.92. The predicted octanol–water partition coefficient (Wildman–Crippen LogP) is 4.04. The third kappa shape index (κ3) is 4.34. The van der Waals surface area contributed by atoms with Gasteiger partial charge in [0, 0.05) is 11.6 Å². The van der Waals surface area contributed by atoms with Gasteiger partial charge in [-0.15, -0.1) is 0 Å². The molecule has 3 heteroatoms. The summed E-state index contributed by atoms with van der Waals surface area (Å²) >= 11 is 0. The quantitative estimate of drug-likeness (QED) is 0.874. The summed E-state index contributed by atoms with van der Waals surface area (Å²) in [5, 5.41) is 12.6. The van der Waals surface area contributed by atoms with Crippen molar-refractivity contribution >= 4 is 11.6 Å². The monoisotopic (exact) mass is 275 g/mol. The number of aliphatic hydroxyl groups excluding tert-OH is 1. The average molecular weight is 275 g/mol. The Balaban J connectivity index is 1.97. The molecule has 1 aromatic carbocycles. The van der Waals surface area contributed by atoms with E-state index in [1.54, 1.807) is 6.92 Å². The third-order valence-corrected chi connectivity index (χ3v) is 4.11. The zero-order chi connectivity index (χ0) is 14.4. The van der Waals surface area contributed by atoms with Crippen molar-refractivity contribution in [2.75, 3.05) is 5.32 Å². The fourth-order valence-electron chi connectivity index (χ4n) is 2.84. The van der Waals surface area contributed by atoms with Crippen LogP contribution in [0, 0.1) is 5.92 Å². The molecule has 1 saturated carbocycles. The standard InChI is InChI=1S/C17H25NO2/c1-13(19)15-10-7-11-16(12-15)18-17(20)14-8-5-3-2-4-6-9-14/h7,10-14,19H,2-6,8-9H2,1H3,(H,18,20). The summed E-state index contributed by atoms with van der Waals surface area (Å²) in [6.45, 7) is 1.73. The summed E-state index contributed by atoms with van der Waals surface area (Å²) in [5.74, 6) is 0.278. The van der Waals surface area contributed by atoms with E-state index in [-0.39, 0.29) is 11.8 Å². The molecular formula is C17H25NO2. The van der Waals surface area contributed by atoms with Crippen LogP contribution in [0.5, 0.6) is 0 Å². The summed E-state index contributed by atoms with van der Waals surface area (Å²) in [6.07, 6.45) is 7.63. The Bertz CT molecular complexity index is 434. The number of aliphatic hydroxyl groups is 1. The first kappa shape index (κ1) is 15.0. The van der Waals surface area contributed by atoms with Gasteiger partial charge in [0.05, 0.1) is 6.10 Å².